The lowest BCUT2D eigenvalue weighted by Crippen LogP contribution is -2.42. The van der Waals surface area contributed by atoms with E-state index in [1.54, 1.807) is 24.3 Å². The quantitative estimate of drug-likeness (QED) is 0.664. The summed E-state index contributed by atoms with van der Waals surface area (Å²) >= 11 is 0. The van der Waals surface area contributed by atoms with E-state index in [1.165, 1.54) is 18.6 Å². The van der Waals surface area contributed by atoms with Crippen LogP contribution in [-0.4, -0.2) is 29.0 Å². The van der Waals surface area contributed by atoms with Crippen molar-refractivity contribution >= 4 is 11.6 Å². The number of nitro benzene ring substituents is 1. The minimum absolute atomic E-state index is 0.0112. The number of carbonyl (C=O) groups excluding carboxylic acids is 1. The summed E-state index contributed by atoms with van der Waals surface area (Å²) in [6.07, 6.45) is 3.22. The molecule has 0 aliphatic carbocycles. The molecule has 7 nitrogen and oxygen atoms in total. The lowest BCUT2D eigenvalue weighted by Gasteiger charge is -2.20. The predicted molar refractivity (Wildman–Crippen MR) is 86.6 cm³/mol. The SMILES string of the molecule is O=C(NC1CC2CCC1N2)c1ccc(-c2cccc([N+](=O)[O-])c2)o1. The molecule has 2 bridgehead atoms. The zero-order chi connectivity index (χ0) is 16.7. The smallest absolute Gasteiger partial charge is 0.287 e. The van der Waals surface area contributed by atoms with Gasteiger partial charge in [0.05, 0.1) is 4.92 Å². The monoisotopic (exact) mass is 327 g/mol. The van der Waals surface area contributed by atoms with Crippen molar-refractivity contribution in [2.24, 2.45) is 0 Å². The maximum Gasteiger partial charge on any atom is 0.287 e. The molecule has 3 heterocycles. The van der Waals surface area contributed by atoms with Crippen molar-refractivity contribution in [1.29, 1.82) is 0 Å². The van der Waals surface area contributed by atoms with Crippen LogP contribution in [0.25, 0.3) is 11.3 Å². The Kier molecular flexibility index (Phi) is 3.57. The van der Waals surface area contributed by atoms with Gasteiger partial charge in [0.1, 0.15) is 5.76 Å². The average molecular weight is 327 g/mol. The third-order valence-corrected chi connectivity index (χ3v) is 4.79. The molecule has 2 saturated heterocycles. The van der Waals surface area contributed by atoms with E-state index in [1.807, 2.05) is 0 Å². The minimum atomic E-state index is -0.456. The molecular weight excluding hydrogens is 310 g/mol. The Balaban J connectivity index is 1.49. The van der Waals surface area contributed by atoms with Gasteiger partial charge in [-0.25, -0.2) is 0 Å². The maximum absolute atomic E-state index is 12.4. The van der Waals surface area contributed by atoms with Crippen molar-refractivity contribution in [2.45, 2.75) is 37.4 Å². The minimum Gasteiger partial charge on any atom is -0.451 e. The van der Waals surface area contributed by atoms with Crippen molar-refractivity contribution in [3.05, 3.63) is 52.3 Å². The fraction of sp³-hybridized carbons (Fsp3) is 0.353. The molecule has 1 aromatic carbocycles. The highest BCUT2D eigenvalue weighted by molar-refractivity contribution is 5.92. The summed E-state index contributed by atoms with van der Waals surface area (Å²) in [6.45, 7) is 0. The van der Waals surface area contributed by atoms with Gasteiger partial charge in [-0.3, -0.25) is 14.9 Å². The van der Waals surface area contributed by atoms with Crippen LogP contribution in [0.1, 0.15) is 29.8 Å². The summed E-state index contributed by atoms with van der Waals surface area (Å²) in [5, 5.41) is 17.3. The van der Waals surface area contributed by atoms with Gasteiger partial charge in [-0.15, -0.1) is 0 Å². The maximum atomic E-state index is 12.4. The number of hydrogen-bond acceptors (Lipinski definition) is 5. The van der Waals surface area contributed by atoms with E-state index in [0.717, 1.165) is 12.8 Å². The molecular formula is C17H17N3O4. The van der Waals surface area contributed by atoms with Crippen LogP contribution in [0.5, 0.6) is 0 Å². The summed E-state index contributed by atoms with van der Waals surface area (Å²) in [4.78, 5) is 22.8. The molecule has 2 N–H and O–H groups in total. The Morgan fingerprint density at radius 2 is 2.17 bits per heavy atom. The first kappa shape index (κ1) is 14.9. The fourth-order valence-electron chi connectivity index (χ4n) is 3.61. The number of nitrogens with one attached hydrogen (secondary N) is 2. The van der Waals surface area contributed by atoms with Crippen LogP contribution in [0.15, 0.2) is 40.8 Å². The summed E-state index contributed by atoms with van der Waals surface area (Å²) in [5.41, 5.74) is 0.563. The van der Waals surface area contributed by atoms with Crippen molar-refractivity contribution in [1.82, 2.24) is 10.6 Å². The zero-order valence-electron chi connectivity index (χ0n) is 12.9. The van der Waals surface area contributed by atoms with Crippen molar-refractivity contribution < 1.29 is 14.1 Å². The first-order valence-corrected chi connectivity index (χ1v) is 8.02. The van der Waals surface area contributed by atoms with Gasteiger partial charge >= 0.3 is 0 Å². The third kappa shape index (κ3) is 2.67. The van der Waals surface area contributed by atoms with E-state index < -0.39 is 4.92 Å². The van der Waals surface area contributed by atoms with Gasteiger partial charge in [0.2, 0.25) is 0 Å². The molecule has 24 heavy (non-hydrogen) atoms. The number of nitro groups is 1. The Morgan fingerprint density at radius 1 is 1.29 bits per heavy atom. The fourth-order valence-corrected chi connectivity index (χ4v) is 3.61. The summed E-state index contributed by atoms with van der Waals surface area (Å²) < 4.78 is 5.60. The van der Waals surface area contributed by atoms with Gasteiger partial charge in [-0.2, -0.15) is 0 Å². The number of rotatable bonds is 4. The lowest BCUT2D eigenvalue weighted by atomic mass is 9.95. The van der Waals surface area contributed by atoms with Crippen LogP contribution in [0.3, 0.4) is 0 Å². The number of benzene rings is 1. The van der Waals surface area contributed by atoms with E-state index in [4.69, 9.17) is 4.42 Å². The van der Waals surface area contributed by atoms with Gasteiger partial charge in [0.15, 0.2) is 5.76 Å². The number of non-ortho nitro benzene ring substituents is 1. The molecule has 1 aromatic heterocycles. The number of fused-ring (bicyclic) bond motifs is 2. The number of hydrogen-bond donors (Lipinski definition) is 2. The van der Waals surface area contributed by atoms with Crippen LogP contribution in [-0.2, 0) is 0 Å². The molecule has 0 spiro atoms. The van der Waals surface area contributed by atoms with Gasteiger partial charge in [0.25, 0.3) is 11.6 Å². The second-order valence-corrected chi connectivity index (χ2v) is 6.33. The van der Waals surface area contributed by atoms with Gasteiger partial charge < -0.3 is 15.1 Å². The highest BCUT2D eigenvalue weighted by Gasteiger charge is 2.39. The van der Waals surface area contributed by atoms with Gasteiger partial charge in [-0.05, 0) is 31.4 Å². The molecule has 2 aromatic rings. The molecule has 3 unspecified atom stereocenters. The number of furan rings is 1. The normalized spacial score (nSPS) is 24.9. The Labute approximate surface area is 138 Å². The molecule has 2 aliphatic heterocycles. The average Bonchev–Trinajstić information content (AvgIpc) is 3.31. The molecule has 124 valence electrons. The van der Waals surface area contributed by atoms with E-state index in [2.05, 4.69) is 10.6 Å². The molecule has 2 fully saturated rings. The van der Waals surface area contributed by atoms with Crippen LogP contribution in [0.2, 0.25) is 0 Å². The summed E-state index contributed by atoms with van der Waals surface area (Å²) in [7, 11) is 0. The first-order valence-electron chi connectivity index (χ1n) is 8.02. The first-order chi connectivity index (χ1) is 11.6. The number of nitrogens with zero attached hydrogens (tertiary/aromatic N) is 1. The van der Waals surface area contributed by atoms with Gasteiger partial charge in [-0.1, -0.05) is 12.1 Å². The molecule has 0 saturated carbocycles. The Morgan fingerprint density at radius 3 is 2.88 bits per heavy atom. The number of carbonyl (C=O) groups is 1. The van der Waals surface area contributed by atoms with E-state index in [0.29, 0.717) is 23.4 Å². The highest BCUT2D eigenvalue weighted by Crippen LogP contribution is 2.29. The van der Waals surface area contributed by atoms with E-state index in [-0.39, 0.29) is 23.4 Å². The van der Waals surface area contributed by atoms with Crippen LogP contribution >= 0.6 is 0 Å². The number of amides is 1. The topological polar surface area (TPSA) is 97.4 Å². The molecule has 7 heteroatoms. The summed E-state index contributed by atoms with van der Waals surface area (Å²) in [6, 6.07) is 10.4. The van der Waals surface area contributed by atoms with Crippen molar-refractivity contribution in [2.75, 3.05) is 0 Å². The van der Waals surface area contributed by atoms with E-state index in [9.17, 15) is 14.9 Å². The molecule has 3 atom stereocenters. The second kappa shape index (κ2) is 5.76. The lowest BCUT2D eigenvalue weighted by molar-refractivity contribution is -0.384. The predicted octanol–water partition coefficient (Wildman–Crippen LogP) is 2.48. The largest absolute Gasteiger partial charge is 0.451 e. The summed E-state index contributed by atoms with van der Waals surface area (Å²) in [5.74, 6) is 0.417. The van der Waals surface area contributed by atoms with Crippen molar-refractivity contribution in [3.8, 4) is 11.3 Å². The third-order valence-electron chi connectivity index (χ3n) is 4.79. The molecule has 2 aliphatic rings. The molecule has 4 rings (SSSR count). The molecule has 1 amide bonds. The standard InChI is InChI=1S/C17H17N3O4/c21-17(19-14-9-11-4-5-13(14)18-11)16-7-6-15(24-16)10-2-1-3-12(8-10)20(22)23/h1-3,6-8,11,13-14,18H,4-5,9H2,(H,19,21). The molecule has 0 radical (unpaired) electrons. The van der Waals surface area contributed by atoms with Crippen LogP contribution < -0.4 is 10.6 Å². The second-order valence-electron chi connectivity index (χ2n) is 6.33. The highest BCUT2D eigenvalue weighted by atomic mass is 16.6. The van der Waals surface area contributed by atoms with E-state index >= 15 is 0 Å². The zero-order valence-corrected chi connectivity index (χ0v) is 12.9. The van der Waals surface area contributed by atoms with Crippen molar-refractivity contribution in [3.63, 3.8) is 0 Å². The van der Waals surface area contributed by atoms with Crippen LogP contribution in [0.4, 0.5) is 5.69 Å². The van der Waals surface area contributed by atoms with Gasteiger partial charge in [0, 0.05) is 35.8 Å². The Hall–Kier alpha value is -2.67. The Bertz CT molecular complexity index is 801. The van der Waals surface area contributed by atoms with Crippen LogP contribution in [0, 0.1) is 10.1 Å².